The molecule has 106 valence electrons. The second-order valence-corrected chi connectivity index (χ2v) is 4.48. The van der Waals surface area contributed by atoms with E-state index in [-0.39, 0.29) is 12.2 Å². The second-order valence-electron chi connectivity index (χ2n) is 4.48. The molecule has 3 heterocycles. The van der Waals surface area contributed by atoms with Gasteiger partial charge in [-0.3, -0.25) is 0 Å². The number of nitrogen functional groups attached to an aromatic ring is 1. The van der Waals surface area contributed by atoms with Crippen molar-refractivity contribution in [3.63, 3.8) is 0 Å². The zero-order valence-corrected chi connectivity index (χ0v) is 11.3. The van der Waals surface area contributed by atoms with Crippen LogP contribution >= 0.6 is 0 Å². The Morgan fingerprint density at radius 2 is 2.30 bits per heavy atom. The predicted molar refractivity (Wildman–Crippen MR) is 72.8 cm³/mol. The normalized spacial score (nSPS) is 21.6. The molecular formula is C13H17N5O2. The predicted octanol–water partition coefficient (Wildman–Crippen LogP) is 1.32. The van der Waals surface area contributed by atoms with Gasteiger partial charge in [0.15, 0.2) is 5.82 Å². The molecule has 0 aliphatic carbocycles. The lowest BCUT2D eigenvalue weighted by atomic mass is 10.1. The summed E-state index contributed by atoms with van der Waals surface area (Å²) in [6.07, 6.45) is 3.68. The molecule has 2 unspecified atom stereocenters. The summed E-state index contributed by atoms with van der Waals surface area (Å²) >= 11 is 0. The van der Waals surface area contributed by atoms with Crippen LogP contribution in [0.2, 0.25) is 0 Å². The van der Waals surface area contributed by atoms with Gasteiger partial charge in [-0.25, -0.2) is 14.8 Å². The van der Waals surface area contributed by atoms with Crippen molar-refractivity contribution in [3.8, 4) is 6.57 Å². The van der Waals surface area contributed by atoms with Crippen molar-refractivity contribution in [1.82, 2.24) is 14.6 Å². The molecule has 20 heavy (non-hydrogen) atoms. The average Bonchev–Trinajstić information content (AvgIpc) is 3.08. The van der Waals surface area contributed by atoms with Crippen molar-refractivity contribution in [3.05, 3.63) is 24.2 Å². The van der Waals surface area contributed by atoms with Crippen LogP contribution in [0.4, 0.5) is 5.82 Å². The summed E-state index contributed by atoms with van der Waals surface area (Å²) in [7, 11) is 1.69. The molecule has 0 spiro atoms. The van der Waals surface area contributed by atoms with Crippen molar-refractivity contribution in [2.75, 3.05) is 19.5 Å². The third kappa shape index (κ3) is 2.57. The standard InChI is InChI=1S/C12H16N4O2.CHN/c1-17-6-8-2-5-11(18-8)9-3-4-10-12(13)14-7-15-16(9)10;1-2/h3-4,7-8,11H,2,5-6H2,1H3,(H2,13,14,15);1H. The highest BCUT2D eigenvalue weighted by Crippen LogP contribution is 2.33. The first-order chi connectivity index (χ1) is 9.79. The van der Waals surface area contributed by atoms with E-state index >= 15 is 0 Å². The van der Waals surface area contributed by atoms with Gasteiger partial charge in [0.1, 0.15) is 17.9 Å². The molecule has 0 amide bonds. The molecule has 1 aliphatic heterocycles. The number of fused-ring (bicyclic) bond motifs is 1. The molecule has 1 saturated heterocycles. The monoisotopic (exact) mass is 275 g/mol. The minimum Gasteiger partial charge on any atom is -0.382 e. The number of nitriles is 1. The Hall–Kier alpha value is -2.17. The van der Waals surface area contributed by atoms with Gasteiger partial charge in [0, 0.05) is 13.7 Å². The Balaban J connectivity index is 0.000000704. The van der Waals surface area contributed by atoms with Crippen LogP contribution < -0.4 is 5.73 Å². The molecule has 2 aromatic heterocycles. The van der Waals surface area contributed by atoms with E-state index in [1.165, 1.54) is 6.33 Å². The summed E-state index contributed by atoms with van der Waals surface area (Å²) < 4.78 is 12.9. The Morgan fingerprint density at radius 1 is 1.50 bits per heavy atom. The van der Waals surface area contributed by atoms with Gasteiger partial charge in [0.25, 0.3) is 0 Å². The lowest BCUT2D eigenvalue weighted by Crippen LogP contribution is -2.14. The number of hydrogen-bond donors (Lipinski definition) is 1. The Morgan fingerprint density at radius 3 is 3.05 bits per heavy atom. The number of nitrogens with two attached hydrogens (primary N) is 1. The molecule has 2 N–H and O–H groups in total. The van der Waals surface area contributed by atoms with Crippen LogP contribution in [0.25, 0.3) is 5.52 Å². The van der Waals surface area contributed by atoms with E-state index in [2.05, 4.69) is 16.7 Å². The molecule has 7 nitrogen and oxygen atoms in total. The first-order valence-electron chi connectivity index (χ1n) is 6.28. The van der Waals surface area contributed by atoms with E-state index in [0.717, 1.165) is 24.1 Å². The second kappa shape index (κ2) is 6.32. The fourth-order valence-electron chi connectivity index (χ4n) is 2.45. The topological polar surface area (TPSA) is 98.5 Å². The van der Waals surface area contributed by atoms with Crippen LogP contribution in [-0.2, 0) is 9.47 Å². The van der Waals surface area contributed by atoms with Crippen LogP contribution in [0.3, 0.4) is 0 Å². The molecule has 0 bridgehead atoms. The van der Waals surface area contributed by atoms with Gasteiger partial charge in [-0.1, -0.05) is 0 Å². The highest BCUT2D eigenvalue weighted by molar-refractivity contribution is 5.65. The SMILES string of the molecule is C#N.COCC1CCC(c2ccc3c(N)ncnn23)O1. The fourth-order valence-corrected chi connectivity index (χ4v) is 2.45. The molecule has 1 aliphatic rings. The average molecular weight is 275 g/mol. The minimum absolute atomic E-state index is 0.0574. The van der Waals surface area contributed by atoms with E-state index in [1.54, 1.807) is 7.11 Å². The maximum atomic E-state index is 6.50. The smallest absolute Gasteiger partial charge is 0.151 e. The molecule has 1 fully saturated rings. The lowest BCUT2D eigenvalue weighted by Gasteiger charge is -2.12. The molecule has 0 aromatic carbocycles. The van der Waals surface area contributed by atoms with Crippen LogP contribution in [0, 0.1) is 11.8 Å². The first-order valence-corrected chi connectivity index (χ1v) is 6.28. The van der Waals surface area contributed by atoms with E-state index in [4.69, 9.17) is 20.5 Å². The van der Waals surface area contributed by atoms with Crippen molar-refractivity contribution >= 4 is 11.3 Å². The summed E-state index contributed by atoms with van der Waals surface area (Å²) in [5.41, 5.74) is 7.66. The fraction of sp³-hybridized carbons (Fsp3) is 0.462. The van der Waals surface area contributed by atoms with Crippen molar-refractivity contribution in [2.45, 2.75) is 25.0 Å². The largest absolute Gasteiger partial charge is 0.382 e. The van der Waals surface area contributed by atoms with Gasteiger partial charge in [-0.2, -0.15) is 5.10 Å². The summed E-state index contributed by atoms with van der Waals surface area (Å²) in [4.78, 5) is 3.98. The van der Waals surface area contributed by atoms with Gasteiger partial charge >= 0.3 is 0 Å². The van der Waals surface area contributed by atoms with Crippen molar-refractivity contribution < 1.29 is 9.47 Å². The number of anilines is 1. The highest BCUT2D eigenvalue weighted by atomic mass is 16.5. The minimum atomic E-state index is 0.0574. The summed E-state index contributed by atoms with van der Waals surface area (Å²) in [6.45, 7) is 4.14. The van der Waals surface area contributed by atoms with Crippen LogP contribution in [0.15, 0.2) is 18.5 Å². The van der Waals surface area contributed by atoms with Crippen molar-refractivity contribution in [2.24, 2.45) is 0 Å². The van der Waals surface area contributed by atoms with Gasteiger partial charge < -0.3 is 15.2 Å². The van der Waals surface area contributed by atoms with Gasteiger partial charge in [-0.15, -0.1) is 0 Å². The Labute approximate surface area is 116 Å². The lowest BCUT2D eigenvalue weighted by molar-refractivity contribution is -0.00426. The van der Waals surface area contributed by atoms with Gasteiger partial charge in [0.2, 0.25) is 0 Å². The molecule has 3 rings (SSSR count). The van der Waals surface area contributed by atoms with E-state index in [0.29, 0.717) is 12.4 Å². The van der Waals surface area contributed by atoms with E-state index < -0.39 is 0 Å². The molecular weight excluding hydrogens is 258 g/mol. The number of ether oxygens (including phenoxy) is 2. The zero-order chi connectivity index (χ0) is 14.5. The maximum Gasteiger partial charge on any atom is 0.151 e. The molecule has 0 radical (unpaired) electrons. The third-order valence-corrected chi connectivity index (χ3v) is 3.30. The number of hydrogen-bond acceptors (Lipinski definition) is 6. The molecule has 0 saturated carbocycles. The number of aromatic nitrogens is 3. The first kappa shape index (κ1) is 14.2. The van der Waals surface area contributed by atoms with E-state index in [9.17, 15) is 0 Å². The Kier molecular flexibility index (Phi) is 4.50. The molecule has 7 heteroatoms. The number of rotatable bonds is 3. The number of methoxy groups -OCH3 is 1. The van der Waals surface area contributed by atoms with Crippen LogP contribution in [0.1, 0.15) is 24.6 Å². The third-order valence-electron chi connectivity index (χ3n) is 3.30. The molecule has 2 aromatic rings. The molecule has 2 atom stereocenters. The van der Waals surface area contributed by atoms with Crippen LogP contribution in [-0.4, -0.2) is 34.4 Å². The van der Waals surface area contributed by atoms with Gasteiger partial charge in [0.05, 0.1) is 18.4 Å². The summed E-state index contributed by atoms with van der Waals surface area (Å²) in [5, 5.41) is 10.7. The van der Waals surface area contributed by atoms with Crippen molar-refractivity contribution in [1.29, 1.82) is 5.26 Å². The van der Waals surface area contributed by atoms with E-state index in [1.807, 2.05) is 16.6 Å². The number of nitrogens with zero attached hydrogens (tertiary/aromatic N) is 4. The zero-order valence-electron chi connectivity index (χ0n) is 11.3. The van der Waals surface area contributed by atoms with Crippen LogP contribution in [0.5, 0.6) is 0 Å². The van der Waals surface area contributed by atoms with Gasteiger partial charge in [-0.05, 0) is 25.0 Å². The Bertz CT molecular complexity index is 595. The summed E-state index contributed by atoms with van der Waals surface area (Å²) in [6, 6.07) is 3.93. The highest BCUT2D eigenvalue weighted by Gasteiger charge is 2.28. The quantitative estimate of drug-likeness (QED) is 0.907. The summed E-state index contributed by atoms with van der Waals surface area (Å²) in [5.74, 6) is 0.489. The maximum absolute atomic E-state index is 6.50.